The molecule has 0 atom stereocenters. The van der Waals surface area contributed by atoms with E-state index < -0.39 is 15.9 Å². The van der Waals surface area contributed by atoms with E-state index in [0.29, 0.717) is 50.1 Å². The van der Waals surface area contributed by atoms with Gasteiger partial charge in [0.25, 0.3) is 5.91 Å². The largest absolute Gasteiger partial charge is 0.494 e. The minimum atomic E-state index is -3.68. The van der Waals surface area contributed by atoms with Gasteiger partial charge in [-0.15, -0.1) is 0 Å². The van der Waals surface area contributed by atoms with Gasteiger partial charge < -0.3 is 19.5 Å². The van der Waals surface area contributed by atoms with Crippen LogP contribution in [0.3, 0.4) is 0 Å². The highest BCUT2D eigenvalue weighted by atomic mass is 32.2. The molecule has 3 aromatic carbocycles. The van der Waals surface area contributed by atoms with Crippen molar-refractivity contribution in [1.82, 2.24) is 4.31 Å². The maximum absolute atomic E-state index is 12.9. The Bertz CT molecular complexity index is 1220. The maximum atomic E-state index is 12.9. The number of rotatable bonds is 8. The number of carbonyl (C=O) groups is 1. The average molecular weight is 483 g/mol. The summed E-state index contributed by atoms with van der Waals surface area (Å²) in [4.78, 5) is 12.8. The molecule has 0 bridgehead atoms. The van der Waals surface area contributed by atoms with Gasteiger partial charge in [-0.2, -0.15) is 4.31 Å². The smallest absolute Gasteiger partial charge is 0.255 e. The van der Waals surface area contributed by atoms with Gasteiger partial charge in [0, 0.05) is 24.3 Å². The number of morpholine rings is 1. The number of carbonyl (C=O) groups excluding carboxylic acids is 1. The van der Waals surface area contributed by atoms with Crippen molar-refractivity contribution in [2.75, 3.05) is 38.2 Å². The highest BCUT2D eigenvalue weighted by Crippen LogP contribution is 2.25. The molecule has 1 fully saturated rings. The predicted molar refractivity (Wildman–Crippen MR) is 128 cm³/mol. The summed E-state index contributed by atoms with van der Waals surface area (Å²) in [6.07, 6.45) is 0. The van der Waals surface area contributed by atoms with Crippen molar-refractivity contribution in [1.29, 1.82) is 0 Å². The molecule has 0 unspecified atom stereocenters. The van der Waals surface area contributed by atoms with E-state index in [4.69, 9.17) is 14.2 Å². The number of ether oxygens (including phenoxy) is 3. The highest BCUT2D eigenvalue weighted by Gasteiger charge is 2.26. The molecule has 0 spiro atoms. The third kappa shape index (κ3) is 5.74. The zero-order valence-electron chi connectivity index (χ0n) is 18.8. The minimum Gasteiger partial charge on any atom is -0.494 e. The van der Waals surface area contributed by atoms with Gasteiger partial charge in [-0.1, -0.05) is 6.07 Å². The Balaban J connectivity index is 1.40. The van der Waals surface area contributed by atoms with Crippen LogP contribution in [-0.4, -0.2) is 51.5 Å². The van der Waals surface area contributed by atoms with E-state index in [-0.39, 0.29) is 10.5 Å². The Kier molecular flexibility index (Phi) is 7.46. The summed E-state index contributed by atoms with van der Waals surface area (Å²) in [6, 6.07) is 20.3. The number of benzene rings is 3. The van der Waals surface area contributed by atoms with E-state index in [1.165, 1.54) is 16.4 Å². The fraction of sp³-hybridized carbons (Fsp3) is 0.240. The topological polar surface area (TPSA) is 94.2 Å². The Morgan fingerprint density at radius 3 is 2.21 bits per heavy atom. The summed E-state index contributed by atoms with van der Waals surface area (Å²) < 4.78 is 43.6. The molecule has 1 saturated heterocycles. The number of anilines is 1. The Morgan fingerprint density at radius 2 is 1.56 bits per heavy atom. The van der Waals surface area contributed by atoms with Crippen LogP contribution >= 0.6 is 0 Å². The van der Waals surface area contributed by atoms with Gasteiger partial charge >= 0.3 is 0 Å². The molecule has 8 nitrogen and oxygen atoms in total. The SMILES string of the molecule is CCOc1ccc(Oc2ccc(NC(=O)c3cccc(S(=O)(=O)N4CCOCC4)c3)cc2)cc1. The summed E-state index contributed by atoms with van der Waals surface area (Å²) >= 11 is 0. The number of hydrogen-bond acceptors (Lipinski definition) is 6. The fourth-order valence-electron chi connectivity index (χ4n) is 3.45. The number of sulfonamides is 1. The molecule has 9 heteroatoms. The second-order valence-corrected chi connectivity index (χ2v) is 9.47. The molecule has 1 amide bonds. The van der Waals surface area contributed by atoms with Crippen LogP contribution in [0.15, 0.2) is 77.7 Å². The Morgan fingerprint density at radius 1 is 0.941 bits per heavy atom. The first kappa shape index (κ1) is 23.7. The van der Waals surface area contributed by atoms with Crippen LogP contribution < -0.4 is 14.8 Å². The van der Waals surface area contributed by atoms with Gasteiger partial charge in [0.2, 0.25) is 10.0 Å². The third-order valence-electron chi connectivity index (χ3n) is 5.19. The molecular weight excluding hydrogens is 456 g/mol. The van der Waals surface area contributed by atoms with Crippen LogP contribution in [0.4, 0.5) is 5.69 Å². The summed E-state index contributed by atoms with van der Waals surface area (Å²) in [7, 11) is -3.68. The van der Waals surface area contributed by atoms with E-state index in [2.05, 4.69) is 5.32 Å². The molecule has 0 aliphatic carbocycles. The summed E-state index contributed by atoms with van der Waals surface area (Å²) in [5, 5.41) is 2.79. The molecule has 178 valence electrons. The zero-order valence-corrected chi connectivity index (χ0v) is 19.6. The van der Waals surface area contributed by atoms with Crippen LogP contribution in [0, 0.1) is 0 Å². The van der Waals surface area contributed by atoms with E-state index in [1.807, 2.05) is 31.2 Å². The molecular formula is C25H26N2O6S. The van der Waals surface area contributed by atoms with Gasteiger partial charge in [-0.3, -0.25) is 4.79 Å². The van der Waals surface area contributed by atoms with Gasteiger partial charge in [0.05, 0.1) is 24.7 Å². The molecule has 0 saturated carbocycles. The van der Waals surface area contributed by atoms with Crippen molar-refractivity contribution in [3.8, 4) is 17.2 Å². The van der Waals surface area contributed by atoms with Crippen molar-refractivity contribution in [2.24, 2.45) is 0 Å². The van der Waals surface area contributed by atoms with Gasteiger partial charge in [0.1, 0.15) is 17.2 Å². The van der Waals surface area contributed by atoms with Crippen LogP contribution in [0.25, 0.3) is 0 Å². The van der Waals surface area contributed by atoms with Gasteiger partial charge in [-0.25, -0.2) is 8.42 Å². The molecule has 0 aromatic heterocycles. The molecule has 4 rings (SSSR count). The third-order valence-corrected chi connectivity index (χ3v) is 7.08. The van der Waals surface area contributed by atoms with E-state index >= 15 is 0 Å². The number of amides is 1. The fourth-order valence-corrected chi connectivity index (χ4v) is 4.90. The summed E-state index contributed by atoms with van der Waals surface area (Å²) in [6.45, 7) is 3.83. The molecule has 1 N–H and O–H groups in total. The van der Waals surface area contributed by atoms with Crippen molar-refractivity contribution >= 4 is 21.6 Å². The van der Waals surface area contributed by atoms with Crippen molar-refractivity contribution in [3.05, 3.63) is 78.4 Å². The van der Waals surface area contributed by atoms with E-state index in [0.717, 1.165) is 5.75 Å². The lowest BCUT2D eigenvalue weighted by Gasteiger charge is -2.26. The summed E-state index contributed by atoms with van der Waals surface area (Å²) in [5.74, 6) is 1.65. The van der Waals surface area contributed by atoms with Crippen LogP contribution in [0.2, 0.25) is 0 Å². The van der Waals surface area contributed by atoms with Gasteiger partial charge in [-0.05, 0) is 73.7 Å². The summed E-state index contributed by atoms with van der Waals surface area (Å²) in [5.41, 5.74) is 0.814. The highest BCUT2D eigenvalue weighted by molar-refractivity contribution is 7.89. The number of nitrogens with zero attached hydrogens (tertiary/aromatic N) is 1. The molecule has 3 aromatic rings. The van der Waals surface area contributed by atoms with Crippen LogP contribution in [0.5, 0.6) is 17.2 Å². The van der Waals surface area contributed by atoms with Crippen LogP contribution in [0.1, 0.15) is 17.3 Å². The molecule has 34 heavy (non-hydrogen) atoms. The molecule has 0 radical (unpaired) electrons. The van der Waals surface area contributed by atoms with Crippen LogP contribution in [-0.2, 0) is 14.8 Å². The number of hydrogen-bond donors (Lipinski definition) is 1. The Hall–Kier alpha value is -3.40. The van der Waals surface area contributed by atoms with E-state index in [9.17, 15) is 13.2 Å². The first-order valence-corrected chi connectivity index (χ1v) is 12.4. The maximum Gasteiger partial charge on any atom is 0.255 e. The van der Waals surface area contributed by atoms with Crippen molar-refractivity contribution in [3.63, 3.8) is 0 Å². The van der Waals surface area contributed by atoms with Crippen molar-refractivity contribution in [2.45, 2.75) is 11.8 Å². The predicted octanol–water partition coefficient (Wildman–Crippen LogP) is 4.15. The average Bonchev–Trinajstić information content (AvgIpc) is 2.87. The second kappa shape index (κ2) is 10.7. The number of nitrogens with one attached hydrogen (secondary N) is 1. The second-order valence-electron chi connectivity index (χ2n) is 7.53. The molecule has 1 heterocycles. The standard InChI is InChI=1S/C25H26N2O6S/c1-2-32-21-10-12-23(13-11-21)33-22-8-6-20(7-9-22)26-25(28)19-4-3-5-24(18-19)34(29,30)27-14-16-31-17-15-27/h3-13,18H,2,14-17H2,1H3,(H,26,28). The van der Waals surface area contributed by atoms with Gasteiger partial charge in [0.15, 0.2) is 0 Å². The normalized spacial score (nSPS) is 14.4. The van der Waals surface area contributed by atoms with Crippen molar-refractivity contribution < 1.29 is 27.4 Å². The molecule has 1 aliphatic heterocycles. The lowest BCUT2D eigenvalue weighted by Crippen LogP contribution is -2.40. The molecule has 1 aliphatic rings. The lowest BCUT2D eigenvalue weighted by molar-refractivity contribution is 0.0730. The zero-order chi connectivity index (χ0) is 24.0. The monoisotopic (exact) mass is 482 g/mol. The first-order chi connectivity index (χ1) is 16.5. The lowest BCUT2D eigenvalue weighted by atomic mass is 10.2. The minimum absolute atomic E-state index is 0.0844. The first-order valence-electron chi connectivity index (χ1n) is 11.0. The Labute approximate surface area is 199 Å². The quantitative estimate of drug-likeness (QED) is 0.518. The van der Waals surface area contributed by atoms with E-state index in [1.54, 1.807) is 36.4 Å².